The maximum atomic E-state index is 11.4. The van der Waals surface area contributed by atoms with Crippen molar-refractivity contribution in [1.29, 1.82) is 0 Å². The van der Waals surface area contributed by atoms with Gasteiger partial charge in [0, 0.05) is 5.41 Å². The summed E-state index contributed by atoms with van der Waals surface area (Å²) in [4.78, 5) is 0. The van der Waals surface area contributed by atoms with Crippen LogP contribution in [0.1, 0.15) is 61.3 Å². The molecule has 1 atom stereocenters. The quantitative estimate of drug-likeness (QED) is 0.663. The van der Waals surface area contributed by atoms with E-state index in [-0.39, 0.29) is 16.2 Å². The van der Waals surface area contributed by atoms with Gasteiger partial charge in [0.25, 0.3) is 0 Å². The van der Waals surface area contributed by atoms with Crippen LogP contribution >= 0.6 is 0 Å². The number of hydrogen-bond acceptors (Lipinski definition) is 1. The van der Waals surface area contributed by atoms with Crippen LogP contribution in [0.5, 0.6) is 0 Å². The predicted octanol–water partition coefficient (Wildman–Crippen LogP) is 4.17. The van der Waals surface area contributed by atoms with Gasteiger partial charge in [-0.1, -0.05) is 60.6 Å². The third-order valence-corrected chi connectivity index (χ3v) is 4.31. The molecule has 1 unspecified atom stereocenters. The zero-order valence-corrected chi connectivity index (χ0v) is 12.0. The number of hydrogen-bond donors (Lipinski definition) is 1. The molecular formula is C15H28O. The maximum absolute atomic E-state index is 11.4. The van der Waals surface area contributed by atoms with Crippen LogP contribution in [0.2, 0.25) is 0 Å². The number of allylic oxidation sites excluding steroid dienone is 1. The molecule has 0 spiro atoms. The molecule has 1 aliphatic carbocycles. The molecule has 0 saturated carbocycles. The van der Waals surface area contributed by atoms with Gasteiger partial charge in [-0.05, 0) is 23.7 Å². The fourth-order valence-corrected chi connectivity index (χ4v) is 3.95. The largest absolute Gasteiger partial charge is 0.388 e. The van der Waals surface area contributed by atoms with E-state index in [9.17, 15) is 5.11 Å². The highest BCUT2D eigenvalue weighted by Gasteiger charge is 2.59. The molecule has 1 rings (SSSR count). The van der Waals surface area contributed by atoms with Crippen LogP contribution in [0.3, 0.4) is 0 Å². The van der Waals surface area contributed by atoms with Crippen LogP contribution in [0.4, 0.5) is 0 Å². The summed E-state index contributed by atoms with van der Waals surface area (Å²) in [7, 11) is 0. The fourth-order valence-electron chi connectivity index (χ4n) is 3.95. The van der Waals surface area contributed by atoms with Crippen molar-refractivity contribution in [1.82, 2.24) is 0 Å². The van der Waals surface area contributed by atoms with Crippen LogP contribution in [-0.4, -0.2) is 10.7 Å². The van der Waals surface area contributed by atoms with Crippen molar-refractivity contribution in [3.63, 3.8) is 0 Å². The molecule has 0 bridgehead atoms. The molecule has 0 heterocycles. The van der Waals surface area contributed by atoms with Gasteiger partial charge in [0.1, 0.15) is 0 Å². The molecule has 0 fully saturated rings. The van der Waals surface area contributed by atoms with E-state index >= 15 is 0 Å². The molecule has 0 aromatic heterocycles. The maximum Gasteiger partial charge on any atom is 0.0831 e. The summed E-state index contributed by atoms with van der Waals surface area (Å²) in [6.45, 7) is 15.1. The lowest BCUT2D eigenvalue weighted by atomic mass is 9.51. The summed E-state index contributed by atoms with van der Waals surface area (Å²) >= 11 is 0. The van der Waals surface area contributed by atoms with Gasteiger partial charge < -0.3 is 5.11 Å². The molecule has 16 heavy (non-hydrogen) atoms. The second kappa shape index (κ2) is 3.60. The third kappa shape index (κ3) is 1.73. The molecule has 0 aliphatic heterocycles. The first-order chi connectivity index (χ1) is 6.96. The molecule has 1 heteroatoms. The Balaban J connectivity index is 3.32. The normalized spacial score (nSPS) is 27.5. The smallest absolute Gasteiger partial charge is 0.0831 e. The Labute approximate surface area is 101 Å². The van der Waals surface area contributed by atoms with Crippen LogP contribution in [-0.2, 0) is 0 Å². The Morgan fingerprint density at radius 1 is 1.00 bits per heavy atom. The molecule has 1 N–H and O–H groups in total. The topological polar surface area (TPSA) is 20.2 Å². The minimum Gasteiger partial charge on any atom is -0.388 e. The van der Waals surface area contributed by atoms with Crippen molar-refractivity contribution in [2.24, 2.45) is 16.2 Å². The van der Waals surface area contributed by atoms with Crippen LogP contribution in [0.15, 0.2) is 12.2 Å². The number of aliphatic hydroxyl groups is 1. The van der Waals surface area contributed by atoms with Gasteiger partial charge in [0.2, 0.25) is 0 Å². The van der Waals surface area contributed by atoms with Crippen molar-refractivity contribution in [2.45, 2.75) is 66.9 Å². The molecule has 94 valence electrons. The van der Waals surface area contributed by atoms with E-state index in [1.54, 1.807) is 0 Å². The van der Waals surface area contributed by atoms with E-state index in [2.05, 4.69) is 60.6 Å². The summed E-state index contributed by atoms with van der Waals surface area (Å²) in [5.74, 6) is 0. The first-order valence-electron chi connectivity index (χ1n) is 6.36. The van der Waals surface area contributed by atoms with E-state index in [1.807, 2.05) is 0 Å². The summed E-state index contributed by atoms with van der Waals surface area (Å²) in [6.07, 6.45) is 6.58. The van der Waals surface area contributed by atoms with Crippen LogP contribution < -0.4 is 0 Å². The highest BCUT2D eigenvalue weighted by Crippen LogP contribution is 2.58. The Morgan fingerprint density at radius 3 is 1.69 bits per heavy atom. The average molecular weight is 224 g/mol. The summed E-state index contributed by atoms with van der Waals surface area (Å²) in [5.41, 5.74) is -1.06. The first kappa shape index (κ1) is 13.8. The van der Waals surface area contributed by atoms with Crippen molar-refractivity contribution in [3.05, 3.63) is 12.2 Å². The van der Waals surface area contributed by atoms with E-state index < -0.39 is 5.60 Å². The van der Waals surface area contributed by atoms with E-state index in [1.165, 1.54) is 0 Å². The molecule has 0 saturated heterocycles. The lowest BCUT2D eigenvalue weighted by Crippen LogP contribution is -2.62. The predicted molar refractivity (Wildman–Crippen MR) is 70.3 cm³/mol. The second-order valence-electron chi connectivity index (χ2n) is 7.57. The van der Waals surface area contributed by atoms with Gasteiger partial charge >= 0.3 is 0 Å². The molecule has 1 aliphatic rings. The molecule has 0 radical (unpaired) electrons. The Bertz CT molecular complexity index is 274. The lowest BCUT2D eigenvalue weighted by molar-refractivity contribution is -0.198. The highest BCUT2D eigenvalue weighted by atomic mass is 16.3. The second-order valence-corrected chi connectivity index (χ2v) is 7.57. The molecule has 0 aromatic rings. The first-order valence-corrected chi connectivity index (χ1v) is 6.36. The van der Waals surface area contributed by atoms with Crippen LogP contribution in [0, 0.1) is 16.2 Å². The zero-order chi connectivity index (χ0) is 12.8. The van der Waals surface area contributed by atoms with E-state index in [0.717, 1.165) is 12.8 Å². The zero-order valence-electron chi connectivity index (χ0n) is 12.0. The minimum absolute atomic E-state index is 0.108. The summed E-state index contributed by atoms with van der Waals surface area (Å²) in [6, 6.07) is 0. The molecular weight excluding hydrogens is 196 g/mol. The molecule has 0 aromatic carbocycles. The minimum atomic E-state index is -0.694. The van der Waals surface area contributed by atoms with Crippen molar-refractivity contribution in [3.8, 4) is 0 Å². The van der Waals surface area contributed by atoms with Gasteiger partial charge in [-0.25, -0.2) is 0 Å². The fraction of sp³-hybridized carbons (Fsp3) is 0.867. The Hall–Kier alpha value is -0.300. The number of rotatable bonds is 1. The summed E-state index contributed by atoms with van der Waals surface area (Å²) < 4.78 is 0. The van der Waals surface area contributed by atoms with Crippen LogP contribution in [0.25, 0.3) is 0 Å². The van der Waals surface area contributed by atoms with Gasteiger partial charge in [-0.3, -0.25) is 0 Å². The van der Waals surface area contributed by atoms with E-state index in [0.29, 0.717) is 0 Å². The van der Waals surface area contributed by atoms with Gasteiger partial charge in [-0.15, -0.1) is 0 Å². The monoisotopic (exact) mass is 224 g/mol. The highest BCUT2D eigenvalue weighted by molar-refractivity contribution is 5.20. The van der Waals surface area contributed by atoms with Gasteiger partial charge in [0.05, 0.1) is 5.60 Å². The lowest BCUT2D eigenvalue weighted by Gasteiger charge is -2.58. The molecule has 1 nitrogen and oxygen atoms in total. The standard InChI is InChI=1S/C15H28O/c1-12(2,3)15(16,13(4,5)6)14(7)10-8-9-11-14/h8,10,16H,9,11H2,1-7H3. The average Bonchev–Trinajstić information content (AvgIpc) is 2.47. The third-order valence-electron chi connectivity index (χ3n) is 4.31. The van der Waals surface area contributed by atoms with Crippen molar-refractivity contribution < 1.29 is 5.11 Å². The van der Waals surface area contributed by atoms with Gasteiger partial charge in [-0.2, -0.15) is 0 Å². The van der Waals surface area contributed by atoms with Crippen molar-refractivity contribution >= 4 is 0 Å². The van der Waals surface area contributed by atoms with Crippen molar-refractivity contribution in [2.75, 3.05) is 0 Å². The van der Waals surface area contributed by atoms with Gasteiger partial charge in [0.15, 0.2) is 0 Å². The van der Waals surface area contributed by atoms with E-state index in [4.69, 9.17) is 0 Å². The Kier molecular flexibility index (Phi) is 3.09. The molecule has 0 amide bonds. The summed E-state index contributed by atoms with van der Waals surface area (Å²) in [5, 5.41) is 11.4. The SMILES string of the molecule is CC(C)(C)C(O)(C(C)(C)C)C1(C)C=CCC1. The Morgan fingerprint density at radius 2 is 1.44 bits per heavy atom.